The van der Waals surface area contributed by atoms with E-state index in [2.05, 4.69) is 16.0 Å². The number of alkyl halides is 2. The summed E-state index contributed by atoms with van der Waals surface area (Å²) < 4.78 is 29.4. The van der Waals surface area contributed by atoms with Crippen molar-refractivity contribution in [1.29, 1.82) is 0 Å². The molecule has 1 spiro atoms. The SMILES string of the molecule is CC(C)(C)C[C@H]1N[C@@H](C(=O)NCCC[C@@H]2CC[C@H](O)C2)[C@H](c2ccc(F)c(Cl)c2)[C@@]12C(=O)NC1=CC(Cl)C(F)C=C12. The molecule has 0 bridgehead atoms. The van der Waals surface area contributed by atoms with Crippen LogP contribution in [0.3, 0.4) is 0 Å². The summed E-state index contributed by atoms with van der Waals surface area (Å²) in [7, 11) is 0. The van der Waals surface area contributed by atoms with Crippen LogP contribution in [0, 0.1) is 22.6 Å². The molecule has 224 valence electrons. The van der Waals surface area contributed by atoms with E-state index in [1.165, 1.54) is 24.3 Å². The summed E-state index contributed by atoms with van der Waals surface area (Å²) in [5, 5.41) is 18.2. The van der Waals surface area contributed by atoms with Crippen LogP contribution in [-0.2, 0) is 9.59 Å². The number of carbonyl (C=O) groups is 2. The van der Waals surface area contributed by atoms with Gasteiger partial charge in [0.1, 0.15) is 17.4 Å². The molecule has 0 aromatic heterocycles. The Morgan fingerprint density at radius 1 is 1.24 bits per heavy atom. The first-order valence-electron chi connectivity index (χ1n) is 14.5. The maximum absolute atomic E-state index is 15.1. The van der Waals surface area contributed by atoms with Crippen molar-refractivity contribution in [2.45, 2.75) is 95.0 Å². The Balaban J connectivity index is 1.53. The number of fused-ring (bicyclic) bond motifs is 2. The lowest BCUT2D eigenvalue weighted by Crippen LogP contribution is -2.47. The summed E-state index contributed by atoms with van der Waals surface area (Å²) in [4.78, 5) is 28.0. The molecule has 4 N–H and O–H groups in total. The van der Waals surface area contributed by atoms with Crippen LogP contribution in [0.25, 0.3) is 0 Å². The second-order valence-electron chi connectivity index (χ2n) is 13.3. The van der Waals surface area contributed by atoms with Gasteiger partial charge in [-0.15, -0.1) is 11.6 Å². The first-order valence-corrected chi connectivity index (χ1v) is 15.3. The van der Waals surface area contributed by atoms with Crippen molar-refractivity contribution in [3.05, 3.63) is 58.0 Å². The monoisotopic (exact) mass is 609 g/mol. The highest BCUT2D eigenvalue weighted by molar-refractivity contribution is 6.30. The van der Waals surface area contributed by atoms with Crippen LogP contribution in [0.15, 0.2) is 41.6 Å². The molecule has 3 fully saturated rings. The molecule has 41 heavy (non-hydrogen) atoms. The van der Waals surface area contributed by atoms with Crippen molar-refractivity contribution >= 4 is 35.0 Å². The van der Waals surface area contributed by atoms with E-state index in [1.54, 1.807) is 6.07 Å². The Morgan fingerprint density at radius 3 is 2.66 bits per heavy atom. The molecule has 2 saturated heterocycles. The quantitative estimate of drug-likeness (QED) is 0.250. The van der Waals surface area contributed by atoms with Gasteiger partial charge >= 0.3 is 0 Å². The zero-order chi connectivity index (χ0) is 29.7. The van der Waals surface area contributed by atoms with Gasteiger partial charge in [-0.05, 0) is 85.3 Å². The minimum absolute atomic E-state index is 0.120. The Kier molecular flexibility index (Phi) is 8.61. The van der Waals surface area contributed by atoms with Gasteiger partial charge in [0.25, 0.3) is 0 Å². The molecule has 8 atom stereocenters. The third kappa shape index (κ3) is 5.82. The molecule has 1 aromatic rings. The number of aliphatic hydroxyl groups excluding tert-OH is 1. The Hall–Kier alpha value is -2.00. The van der Waals surface area contributed by atoms with Crippen molar-refractivity contribution < 1.29 is 23.5 Å². The molecule has 5 rings (SSSR count). The van der Waals surface area contributed by atoms with Crippen LogP contribution in [0.5, 0.6) is 0 Å². The summed E-state index contributed by atoms with van der Waals surface area (Å²) in [6.07, 6.45) is 5.94. The molecule has 6 nitrogen and oxygen atoms in total. The van der Waals surface area contributed by atoms with Gasteiger partial charge in [0.05, 0.1) is 22.5 Å². The molecule has 1 saturated carbocycles. The fourth-order valence-corrected chi connectivity index (χ4v) is 7.71. The van der Waals surface area contributed by atoms with E-state index in [0.717, 1.165) is 32.1 Å². The van der Waals surface area contributed by atoms with Gasteiger partial charge in [0.15, 0.2) is 0 Å². The van der Waals surface area contributed by atoms with Crippen LogP contribution in [0.1, 0.15) is 70.8 Å². The lowest BCUT2D eigenvalue weighted by atomic mass is 9.61. The van der Waals surface area contributed by atoms with Gasteiger partial charge < -0.3 is 21.1 Å². The van der Waals surface area contributed by atoms with E-state index in [-0.39, 0.29) is 28.4 Å². The highest BCUT2D eigenvalue weighted by Crippen LogP contribution is 2.59. The van der Waals surface area contributed by atoms with Gasteiger partial charge in [0.2, 0.25) is 11.8 Å². The maximum atomic E-state index is 15.1. The molecule has 0 radical (unpaired) electrons. The van der Waals surface area contributed by atoms with Crippen molar-refractivity contribution in [3.8, 4) is 0 Å². The minimum atomic E-state index is -1.52. The van der Waals surface area contributed by atoms with E-state index in [0.29, 0.717) is 35.7 Å². The van der Waals surface area contributed by atoms with E-state index >= 15 is 4.39 Å². The van der Waals surface area contributed by atoms with Crippen LogP contribution >= 0.6 is 23.2 Å². The zero-order valence-electron chi connectivity index (χ0n) is 23.7. The van der Waals surface area contributed by atoms with Gasteiger partial charge in [-0.1, -0.05) is 38.4 Å². The predicted octanol–water partition coefficient (Wildman–Crippen LogP) is 5.28. The van der Waals surface area contributed by atoms with Crippen LogP contribution in [-0.4, -0.2) is 53.2 Å². The number of hydrogen-bond acceptors (Lipinski definition) is 4. The topological polar surface area (TPSA) is 90.5 Å². The van der Waals surface area contributed by atoms with E-state index in [1.807, 2.05) is 20.8 Å². The lowest BCUT2D eigenvalue weighted by Gasteiger charge is -2.38. The molecule has 2 amide bonds. The number of carbonyl (C=O) groups excluding carboxylic acids is 2. The Morgan fingerprint density at radius 2 is 2.00 bits per heavy atom. The minimum Gasteiger partial charge on any atom is -0.393 e. The molecule has 2 aliphatic heterocycles. The number of hydrogen-bond donors (Lipinski definition) is 4. The Labute approximate surface area is 250 Å². The fraction of sp³-hybridized carbons (Fsp3) is 0.613. The second-order valence-corrected chi connectivity index (χ2v) is 14.2. The number of benzene rings is 1. The van der Waals surface area contributed by atoms with Crippen molar-refractivity contribution in [2.24, 2.45) is 16.7 Å². The summed E-state index contributed by atoms with van der Waals surface area (Å²) >= 11 is 12.4. The van der Waals surface area contributed by atoms with Crippen molar-refractivity contribution in [3.63, 3.8) is 0 Å². The number of rotatable bonds is 7. The molecule has 2 unspecified atom stereocenters. The van der Waals surface area contributed by atoms with Crippen LogP contribution in [0.2, 0.25) is 5.02 Å². The van der Waals surface area contributed by atoms with Gasteiger partial charge in [-0.2, -0.15) is 0 Å². The van der Waals surface area contributed by atoms with Crippen LogP contribution < -0.4 is 16.0 Å². The first kappa shape index (κ1) is 30.5. The highest BCUT2D eigenvalue weighted by atomic mass is 35.5. The predicted molar refractivity (Wildman–Crippen MR) is 156 cm³/mol. The van der Waals surface area contributed by atoms with Gasteiger partial charge in [-0.3, -0.25) is 9.59 Å². The summed E-state index contributed by atoms with van der Waals surface area (Å²) in [5.74, 6) is -1.59. The van der Waals surface area contributed by atoms with E-state index in [9.17, 15) is 19.1 Å². The van der Waals surface area contributed by atoms with E-state index < -0.39 is 40.8 Å². The van der Waals surface area contributed by atoms with Crippen LogP contribution in [0.4, 0.5) is 8.78 Å². The summed E-state index contributed by atoms with van der Waals surface area (Å²) in [5.41, 5.74) is -0.180. The number of halogens is 4. The molecule has 2 aliphatic carbocycles. The fourth-order valence-electron chi connectivity index (χ4n) is 7.32. The Bertz CT molecular complexity index is 1270. The number of amides is 2. The lowest BCUT2D eigenvalue weighted by molar-refractivity contribution is -0.128. The summed E-state index contributed by atoms with van der Waals surface area (Å²) in [6, 6.07) is 2.85. The first-order chi connectivity index (χ1) is 19.3. The normalized spacial score (nSPS) is 34.8. The third-order valence-corrected chi connectivity index (χ3v) is 9.73. The summed E-state index contributed by atoms with van der Waals surface area (Å²) in [6.45, 7) is 6.58. The zero-order valence-corrected chi connectivity index (χ0v) is 25.2. The molecule has 1 aromatic carbocycles. The largest absolute Gasteiger partial charge is 0.393 e. The second kappa shape index (κ2) is 11.6. The standard InChI is InChI=1S/C31H39Cl2F2N3O3/c1-30(2,3)15-25-31(19-13-23(35)21(33)14-24(19)37-29(31)41)26(17-7-9-22(34)20(32)12-17)27(38-25)28(40)36-10-4-5-16-6-8-18(39)11-16/h7,9,12-14,16,18,21,23,25-27,38-39H,4-6,8,10-11,15H2,1-3H3,(H,36,40)(H,37,41)/t16-,18+,21?,23?,25-,26+,27-,31+/m1/s1. The molecular weight excluding hydrogens is 571 g/mol. The number of nitrogens with one attached hydrogen (secondary N) is 3. The highest BCUT2D eigenvalue weighted by Gasteiger charge is 2.67. The molecule has 10 heteroatoms. The number of allylic oxidation sites excluding steroid dienone is 3. The van der Waals surface area contributed by atoms with Crippen molar-refractivity contribution in [1.82, 2.24) is 16.0 Å². The third-order valence-electron chi connectivity index (χ3n) is 9.07. The maximum Gasteiger partial charge on any atom is 0.237 e. The smallest absolute Gasteiger partial charge is 0.237 e. The average molecular weight is 611 g/mol. The van der Waals surface area contributed by atoms with Gasteiger partial charge in [-0.25, -0.2) is 8.78 Å². The molecule has 4 aliphatic rings. The van der Waals surface area contributed by atoms with Crippen molar-refractivity contribution in [2.75, 3.05) is 6.54 Å². The van der Waals surface area contributed by atoms with Gasteiger partial charge in [0, 0.05) is 24.2 Å². The number of aliphatic hydroxyl groups is 1. The van der Waals surface area contributed by atoms with E-state index in [4.69, 9.17) is 23.2 Å². The average Bonchev–Trinajstić information content (AvgIpc) is 3.53. The molecular formula is C31H39Cl2F2N3O3. The molecule has 2 heterocycles.